The molecule has 0 saturated carbocycles. The Morgan fingerprint density at radius 1 is 1.75 bits per heavy atom. The number of hydrogen-bond donors (Lipinski definition) is 1. The van der Waals surface area contributed by atoms with Crippen molar-refractivity contribution in [2.24, 2.45) is 0 Å². The fourth-order valence-corrected chi connectivity index (χ4v) is 0.855. The van der Waals surface area contributed by atoms with E-state index >= 15 is 0 Å². The topological polar surface area (TPSA) is 56.0 Å². The number of Topliss-reactive ketones (excluding diaryl/α,β-unsaturated/α-hetero) is 1. The van der Waals surface area contributed by atoms with E-state index in [1.807, 2.05) is 0 Å². The number of pyridine rings is 1. The maximum absolute atomic E-state index is 12.5. The SMILES string of the molecule is CCC(=O)c1ncc(F)cc1N. The summed E-state index contributed by atoms with van der Waals surface area (Å²) in [7, 11) is 0. The smallest absolute Gasteiger partial charge is 0.183 e. The molecule has 1 aromatic rings. The first-order chi connectivity index (χ1) is 5.65. The highest BCUT2D eigenvalue weighted by atomic mass is 19.1. The first kappa shape index (κ1) is 8.64. The van der Waals surface area contributed by atoms with E-state index in [0.717, 1.165) is 12.3 Å². The van der Waals surface area contributed by atoms with Crippen LogP contribution in [0.4, 0.5) is 10.1 Å². The number of nitrogen functional groups attached to an aromatic ring is 1. The standard InChI is InChI=1S/C8H9FN2O/c1-2-7(12)8-6(10)3-5(9)4-11-8/h3-4H,2,10H2,1H3. The fourth-order valence-electron chi connectivity index (χ4n) is 0.855. The largest absolute Gasteiger partial charge is 0.397 e. The Morgan fingerprint density at radius 3 is 2.92 bits per heavy atom. The first-order valence-corrected chi connectivity index (χ1v) is 3.59. The van der Waals surface area contributed by atoms with E-state index in [1.54, 1.807) is 6.92 Å². The quantitative estimate of drug-likeness (QED) is 0.679. The van der Waals surface area contributed by atoms with Gasteiger partial charge in [0.25, 0.3) is 0 Å². The molecule has 0 spiro atoms. The molecule has 12 heavy (non-hydrogen) atoms. The van der Waals surface area contributed by atoms with Gasteiger partial charge in [-0.2, -0.15) is 0 Å². The van der Waals surface area contributed by atoms with E-state index in [9.17, 15) is 9.18 Å². The molecular formula is C8H9FN2O. The number of halogens is 1. The first-order valence-electron chi connectivity index (χ1n) is 3.59. The molecule has 0 amide bonds. The van der Waals surface area contributed by atoms with Gasteiger partial charge >= 0.3 is 0 Å². The molecule has 0 unspecified atom stereocenters. The summed E-state index contributed by atoms with van der Waals surface area (Å²) in [6.07, 6.45) is 1.31. The highest BCUT2D eigenvalue weighted by Crippen LogP contribution is 2.11. The summed E-state index contributed by atoms with van der Waals surface area (Å²) >= 11 is 0. The molecule has 0 aromatic carbocycles. The van der Waals surface area contributed by atoms with Gasteiger partial charge in [-0.25, -0.2) is 9.37 Å². The number of aromatic nitrogens is 1. The molecule has 3 nitrogen and oxygen atoms in total. The molecule has 64 valence electrons. The monoisotopic (exact) mass is 168 g/mol. The molecular weight excluding hydrogens is 159 g/mol. The molecule has 0 aliphatic rings. The summed E-state index contributed by atoms with van der Waals surface area (Å²) in [5.74, 6) is -0.701. The minimum atomic E-state index is -0.528. The Labute approximate surface area is 69.4 Å². The van der Waals surface area contributed by atoms with Crippen molar-refractivity contribution in [2.75, 3.05) is 5.73 Å². The minimum Gasteiger partial charge on any atom is -0.397 e. The van der Waals surface area contributed by atoms with Crippen molar-refractivity contribution < 1.29 is 9.18 Å². The molecule has 0 saturated heterocycles. The normalized spacial score (nSPS) is 9.83. The Hall–Kier alpha value is -1.45. The summed E-state index contributed by atoms with van der Waals surface area (Å²) in [4.78, 5) is 14.7. The Bertz CT molecular complexity index is 312. The number of ketones is 1. The lowest BCUT2D eigenvalue weighted by Crippen LogP contribution is -2.05. The number of carbonyl (C=O) groups excluding carboxylic acids is 1. The van der Waals surface area contributed by atoms with Crippen molar-refractivity contribution in [2.45, 2.75) is 13.3 Å². The van der Waals surface area contributed by atoms with E-state index in [1.165, 1.54) is 0 Å². The summed E-state index contributed by atoms with van der Waals surface area (Å²) < 4.78 is 12.5. The second-order valence-electron chi connectivity index (χ2n) is 2.37. The summed E-state index contributed by atoms with van der Waals surface area (Å²) in [5.41, 5.74) is 5.63. The fraction of sp³-hybridized carbons (Fsp3) is 0.250. The second-order valence-corrected chi connectivity index (χ2v) is 2.37. The van der Waals surface area contributed by atoms with Crippen LogP contribution in [0.1, 0.15) is 23.8 Å². The van der Waals surface area contributed by atoms with E-state index < -0.39 is 5.82 Å². The molecule has 0 aliphatic carbocycles. The van der Waals surface area contributed by atoms with Gasteiger partial charge in [-0.05, 0) is 0 Å². The van der Waals surface area contributed by atoms with Crippen LogP contribution in [0.15, 0.2) is 12.3 Å². The molecule has 1 heterocycles. The number of anilines is 1. The summed E-state index contributed by atoms with van der Waals surface area (Å²) in [6, 6.07) is 1.09. The van der Waals surface area contributed by atoms with Crippen LogP contribution < -0.4 is 5.73 Å². The maximum Gasteiger partial charge on any atom is 0.183 e. The van der Waals surface area contributed by atoms with Gasteiger partial charge in [-0.3, -0.25) is 4.79 Å². The third-order valence-electron chi connectivity index (χ3n) is 1.47. The predicted molar refractivity (Wildman–Crippen MR) is 43.2 cm³/mol. The van der Waals surface area contributed by atoms with Crippen molar-refractivity contribution in [3.05, 3.63) is 23.8 Å². The third-order valence-corrected chi connectivity index (χ3v) is 1.47. The Morgan fingerprint density at radius 2 is 2.42 bits per heavy atom. The second kappa shape index (κ2) is 3.30. The lowest BCUT2D eigenvalue weighted by molar-refractivity contribution is 0.0984. The Kier molecular flexibility index (Phi) is 2.38. The van der Waals surface area contributed by atoms with Crippen LogP contribution in [-0.2, 0) is 0 Å². The molecule has 0 bridgehead atoms. The van der Waals surface area contributed by atoms with Crippen LogP contribution in [0.5, 0.6) is 0 Å². The lowest BCUT2D eigenvalue weighted by Gasteiger charge is -2.00. The van der Waals surface area contributed by atoms with Gasteiger partial charge < -0.3 is 5.73 Å². The molecule has 0 radical (unpaired) electrons. The van der Waals surface area contributed by atoms with Crippen LogP contribution in [0.25, 0.3) is 0 Å². The number of carbonyl (C=O) groups is 1. The van der Waals surface area contributed by atoms with Crippen LogP contribution in [-0.4, -0.2) is 10.8 Å². The molecule has 0 fully saturated rings. The van der Waals surface area contributed by atoms with Crippen molar-refractivity contribution in [3.8, 4) is 0 Å². The number of hydrogen-bond acceptors (Lipinski definition) is 3. The molecule has 2 N–H and O–H groups in total. The average Bonchev–Trinajstić information content (AvgIpc) is 2.03. The average molecular weight is 168 g/mol. The highest BCUT2D eigenvalue weighted by Gasteiger charge is 2.09. The lowest BCUT2D eigenvalue weighted by atomic mass is 10.2. The van der Waals surface area contributed by atoms with Crippen molar-refractivity contribution in [3.63, 3.8) is 0 Å². The van der Waals surface area contributed by atoms with Gasteiger partial charge in [0.15, 0.2) is 5.78 Å². The molecule has 0 aliphatic heterocycles. The van der Waals surface area contributed by atoms with Crippen LogP contribution in [0.3, 0.4) is 0 Å². The van der Waals surface area contributed by atoms with Crippen LogP contribution in [0.2, 0.25) is 0 Å². The molecule has 4 heteroatoms. The Balaban J connectivity index is 3.09. The zero-order valence-corrected chi connectivity index (χ0v) is 6.67. The number of rotatable bonds is 2. The van der Waals surface area contributed by atoms with E-state index in [4.69, 9.17) is 5.73 Å². The van der Waals surface area contributed by atoms with E-state index in [0.29, 0.717) is 6.42 Å². The van der Waals surface area contributed by atoms with E-state index in [2.05, 4.69) is 4.98 Å². The molecule has 1 aromatic heterocycles. The molecule has 0 atom stereocenters. The van der Waals surface area contributed by atoms with Gasteiger partial charge in [-0.15, -0.1) is 0 Å². The molecule has 1 rings (SSSR count). The van der Waals surface area contributed by atoms with Gasteiger partial charge in [0.2, 0.25) is 0 Å². The van der Waals surface area contributed by atoms with E-state index in [-0.39, 0.29) is 17.2 Å². The van der Waals surface area contributed by atoms with Gasteiger partial charge in [0.1, 0.15) is 11.5 Å². The van der Waals surface area contributed by atoms with Gasteiger partial charge in [0.05, 0.1) is 11.9 Å². The number of nitrogens with two attached hydrogens (primary N) is 1. The zero-order chi connectivity index (χ0) is 9.14. The maximum atomic E-state index is 12.5. The zero-order valence-electron chi connectivity index (χ0n) is 6.67. The van der Waals surface area contributed by atoms with Crippen molar-refractivity contribution in [1.82, 2.24) is 4.98 Å². The van der Waals surface area contributed by atoms with Gasteiger partial charge in [-0.1, -0.05) is 6.92 Å². The summed E-state index contributed by atoms with van der Waals surface area (Å²) in [5, 5.41) is 0. The highest BCUT2D eigenvalue weighted by molar-refractivity contribution is 5.98. The van der Waals surface area contributed by atoms with Crippen molar-refractivity contribution in [1.29, 1.82) is 0 Å². The minimum absolute atomic E-state index is 0.0989. The summed E-state index contributed by atoms with van der Waals surface area (Å²) in [6.45, 7) is 1.70. The third kappa shape index (κ3) is 1.58. The van der Waals surface area contributed by atoms with Gasteiger partial charge in [0, 0.05) is 12.5 Å². The number of nitrogens with zero attached hydrogens (tertiary/aromatic N) is 1. The van der Waals surface area contributed by atoms with Crippen molar-refractivity contribution >= 4 is 11.5 Å². The predicted octanol–water partition coefficient (Wildman–Crippen LogP) is 1.40. The van der Waals surface area contributed by atoms with Crippen LogP contribution in [0, 0.1) is 5.82 Å². The van der Waals surface area contributed by atoms with Crippen LogP contribution >= 0.6 is 0 Å².